The Labute approximate surface area is 118 Å². The van der Waals surface area contributed by atoms with Gasteiger partial charge in [0.15, 0.2) is 6.61 Å². The summed E-state index contributed by atoms with van der Waals surface area (Å²) in [5, 5.41) is 0.616. The minimum atomic E-state index is -0.185. The van der Waals surface area contributed by atoms with Gasteiger partial charge in [0.2, 0.25) is 0 Å². The third-order valence-electron chi connectivity index (χ3n) is 3.27. The van der Waals surface area contributed by atoms with Gasteiger partial charge in [-0.05, 0) is 38.0 Å². The van der Waals surface area contributed by atoms with Crippen LogP contribution in [0.5, 0.6) is 5.75 Å². The lowest BCUT2D eigenvalue weighted by molar-refractivity contribution is -0.132. The molecular weight excluding hydrogens is 264 g/mol. The van der Waals surface area contributed by atoms with Crippen LogP contribution in [0.25, 0.3) is 0 Å². The normalized spacial score (nSPS) is 16.5. The first-order valence-electron chi connectivity index (χ1n) is 6.53. The average molecular weight is 283 g/mol. The first-order chi connectivity index (χ1) is 9.08. The summed E-state index contributed by atoms with van der Waals surface area (Å²) in [6.45, 7) is 3.59. The van der Waals surface area contributed by atoms with Crippen LogP contribution in [0, 0.1) is 0 Å². The Morgan fingerprint density at radius 1 is 1.47 bits per heavy atom. The van der Waals surface area contributed by atoms with Crippen LogP contribution in [-0.4, -0.2) is 30.5 Å². The molecule has 0 spiro atoms. The molecule has 104 valence electrons. The smallest absolute Gasteiger partial charge is 0.260 e. The van der Waals surface area contributed by atoms with E-state index in [1.165, 1.54) is 0 Å². The van der Waals surface area contributed by atoms with E-state index in [1.54, 1.807) is 18.2 Å². The van der Waals surface area contributed by atoms with Crippen molar-refractivity contribution in [3.8, 4) is 5.75 Å². The average Bonchev–Trinajstić information content (AvgIpc) is 2.90. The van der Waals surface area contributed by atoms with Crippen LogP contribution in [0.3, 0.4) is 0 Å². The van der Waals surface area contributed by atoms with Crippen molar-refractivity contribution in [2.75, 3.05) is 19.7 Å². The Morgan fingerprint density at radius 3 is 2.79 bits per heavy atom. The molecule has 0 radical (unpaired) electrons. The molecule has 0 aliphatic carbocycles. The maximum Gasteiger partial charge on any atom is 0.260 e. The van der Waals surface area contributed by atoms with Crippen molar-refractivity contribution in [1.29, 1.82) is 0 Å². The lowest BCUT2D eigenvalue weighted by Gasteiger charge is -2.18. The number of rotatable bonds is 4. The fraction of sp³-hybridized carbons (Fsp3) is 0.500. The van der Waals surface area contributed by atoms with Crippen molar-refractivity contribution in [1.82, 2.24) is 4.90 Å². The zero-order valence-corrected chi connectivity index (χ0v) is 11.8. The van der Waals surface area contributed by atoms with Crippen molar-refractivity contribution in [3.63, 3.8) is 0 Å². The summed E-state index contributed by atoms with van der Waals surface area (Å²) in [5.74, 6) is 0.662. The second kappa shape index (κ2) is 6.26. The molecule has 4 nitrogen and oxygen atoms in total. The van der Waals surface area contributed by atoms with Crippen molar-refractivity contribution >= 4 is 17.5 Å². The van der Waals surface area contributed by atoms with Crippen LogP contribution in [0.15, 0.2) is 18.2 Å². The highest BCUT2D eigenvalue weighted by molar-refractivity contribution is 6.30. The fourth-order valence-corrected chi connectivity index (χ4v) is 2.38. The van der Waals surface area contributed by atoms with Gasteiger partial charge in [-0.15, -0.1) is 0 Å². The van der Waals surface area contributed by atoms with Crippen molar-refractivity contribution < 1.29 is 9.53 Å². The second-order valence-corrected chi connectivity index (χ2v) is 5.28. The Morgan fingerprint density at radius 2 is 2.16 bits per heavy atom. The molecule has 1 aliphatic heterocycles. The van der Waals surface area contributed by atoms with Gasteiger partial charge in [0.05, 0.1) is 0 Å². The summed E-state index contributed by atoms with van der Waals surface area (Å²) in [5.41, 5.74) is 6.70. The number of nitrogens with zero attached hydrogens (tertiary/aromatic N) is 1. The molecule has 19 heavy (non-hydrogen) atoms. The van der Waals surface area contributed by atoms with E-state index in [0.29, 0.717) is 10.8 Å². The summed E-state index contributed by atoms with van der Waals surface area (Å²) in [6, 6.07) is 5.10. The molecule has 1 aromatic carbocycles. The number of nitrogens with two attached hydrogens (primary N) is 1. The van der Waals surface area contributed by atoms with Gasteiger partial charge in [-0.2, -0.15) is 0 Å². The Hall–Kier alpha value is -1.26. The number of benzene rings is 1. The van der Waals surface area contributed by atoms with Gasteiger partial charge in [0, 0.05) is 29.7 Å². The molecule has 0 saturated carbocycles. The van der Waals surface area contributed by atoms with E-state index in [4.69, 9.17) is 22.1 Å². The highest BCUT2D eigenvalue weighted by Gasteiger charge is 2.19. The zero-order chi connectivity index (χ0) is 13.8. The maximum atomic E-state index is 11.9. The predicted molar refractivity (Wildman–Crippen MR) is 75.4 cm³/mol. The molecule has 1 saturated heterocycles. The van der Waals surface area contributed by atoms with E-state index in [-0.39, 0.29) is 18.6 Å². The van der Waals surface area contributed by atoms with E-state index in [9.17, 15) is 4.79 Å². The van der Waals surface area contributed by atoms with E-state index in [0.717, 1.165) is 31.5 Å². The topological polar surface area (TPSA) is 55.6 Å². The lowest BCUT2D eigenvalue weighted by Crippen LogP contribution is -2.32. The third-order valence-corrected chi connectivity index (χ3v) is 3.51. The molecule has 1 aromatic rings. The molecule has 1 atom stereocenters. The number of hydrogen-bond acceptors (Lipinski definition) is 3. The fourth-order valence-electron chi connectivity index (χ4n) is 2.20. The standard InChI is InChI=1S/C14H19ClN2O2/c1-10(16)12-8-11(15)4-5-13(12)19-9-14(18)17-6-2-3-7-17/h4-5,8,10H,2-3,6-7,9,16H2,1H3/t10-/m1/s1. The van der Waals surface area contributed by atoms with E-state index in [1.807, 2.05) is 11.8 Å². The van der Waals surface area contributed by atoms with Gasteiger partial charge >= 0.3 is 0 Å². The van der Waals surface area contributed by atoms with E-state index < -0.39 is 0 Å². The van der Waals surface area contributed by atoms with Gasteiger partial charge in [-0.3, -0.25) is 4.79 Å². The zero-order valence-electron chi connectivity index (χ0n) is 11.1. The monoisotopic (exact) mass is 282 g/mol. The third kappa shape index (κ3) is 3.61. The molecule has 1 amide bonds. The summed E-state index contributed by atoms with van der Waals surface area (Å²) in [7, 11) is 0. The number of ether oxygens (including phenoxy) is 1. The Kier molecular flexibility index (Phi) is 4.66. The highest BCUT2D eigenvalue weighted by Crippen LogP contribution is 2.27. The number of amides is 1. The number of halogens is 1. The van der Waals surface area contributed by atoms with E-state index >= 15 is 0 Å². The molecule has 2 N–H and O–H groups in total. The highest BCUT2D eigenvalue weighted by atomic mass is 35.5. The molecule has 1 fully saturated rings. The quantitative estimate of drug-likeness (QED) is 0.922. The van der Waals surface area contributed by atoms with Crippen LogP contribution in [0.1, 0.15) is 31.4 Å². The number of carbonyl (C=O) groups is 1. The lowest BCUT2D eigenvalue weighted by atomic mass is 10.1. The number of likely N-dealkylation sites (tertiary alicyclic amines) is 1. The number of carbonyl (C=O) groups excluding carboxylic acids is 1. The SMILES string of the molecule is C[C@@H](N)c1cc(Cl)ccc1OCC(=O)N1CCCC1. The number of hydrogen-bond donors (Lipinski definition) is 1. The van der Waals surface area contributed by atoms with Crippen LogP contribution in [-0.2, 0) is 4.79 Å². The van der Waals surface area contributed by atoms with Crippen LogP contribution in [0.2, 0.25) is 5.02 Å². The predicted octanol–water partition coefficient (Wildman–Crippen LogP) is 2.36. The molecular formula is C14H19ClN2O2. The minimum absolute atomic E-state index is 0.0306. The second-order valence-electron chi connectivity index (χ2n) is 4.85. The van der Waals surface area contributed by atoms with Gasteiger partial charge in [-0.25, -0.2) is 0 Å². The van der Waals surface area contributed by atoms with Gasteiger partial charge in [-0.1, -0.05) is 11.6 Å². The summed E-state index contributed by atoms with van der Waals surface area (Å²) in [6.07, 6.45) is 2.16. The van der Waals surface area contributed by atoms with Crippen LogP contribution >= 0.6 is 11.6 Å². The van der Waals surface area contributed by atoms with Crippen LogP contribution < -0.4 is 10.5 Å². The molecule has 1 heterocycles. The Bertz CT molecular complexity index is 457. The van der Waals surface area contributed by atoms with Crippen molar-refractivity contribution in [3.05, 3.63) is 28.8 Å². The van der Waals surface area contributed by atoms with Gasteiger partial charge < -0.3 is 15.4 Å². The van der Waals surface area contributed by atoms with Crippen molar-refractivity contribution in [2.45, 2.75) is 25.8 Å². The molecule has 0 aromatic heterocycles. The summed E-state index contributed by atoms with van der Waals surface area (Å²) < 4.78 is 5.60. The molecule has 5 heteroatoms. The molecule has 2 rings (SSSR count). The maximum absolute atomic E-state index is 11.9. The molecule has 1 aliphatic rings. The molecule has 0 bridgehead atoms. The minimum Gasteiger partial charge on any atom is -0.483 e. The summed E-state index contributed by atoms with van der Waals surface area (Å²) >= 11 is 5.94. The van der Waals surface area contributed by atoms with Gasteiger partial charge in [0.25, 0.3) is 5.91 Å². The summed E-state index contributed by atoms with van der Waals surface area (Å²) in [4.78, 5) is 13.7. The van der Waals surface area contributed by atoms with Crippen molar-refractivity contribution in [2.24, 2.45) is 5.73 Å². The molecule has 0 unspecified atom stereocenters. The largest absolute Gasteiger partial charge is 0.483 e. The van der Waals surface area contributed by atoms with E-state index in [2.05, 4.69) is 0 Å². The first kappa shape index (κ1) is 14.2. The first-order valence-corrected chi connectivity index (χ1v) is 6.91. The Balaban J connectivity index is 2.00. The van der Waals surface area contributed by atoms with Crippen LogP contribution in [0.4, 0.5) is 0 Å². The van der Waals surface area contributed by atoms with Gasteiger partial charge in [0.1, 0.15) is 5.75 Å².